The maximum absolute atomic E-state index is 11.8. The van der Waals surface area contributed by atoms with Crippen molar-refractivity contribution in [3.8, 4) is 11.5 Å². The maximum Gasteiger partial charge on any atom is 0.288 e. The van der Waals surface area contributed by atoms with Crippen molar-refractivity contribution in [2.75, 3.05) is 20.8 Å². The number of aromatic nitrogens is 1. The predicted octanol–water partition coefficient (Wildman–Crippen LogP) is 1.97. The van der Waals surface area contributed by atoms with Crippen LogP contribution in [0.3, 0.4) is 0 Å². The molecule has 0 radical (unpaired) electrons. The number of hydrogen-bond acceptors (Lipinski definition) is 5. The Morgan fingerprint density at radius 3 is 2.67 bits per heavy atom. The number of aryl methyl sites for hydroxylation is 1. The van der Waals surface area contributed by atoms with Gasteiger partial charge in [0.2, 0.25) is 5.76 Å². The van der Waals surface area contributed by atoms with Crippen LogP contribution < -0.4 is 14.8 Å². The average Bonchev–Trinajstić information content (AvgIpc) is 2.93. The van der Waals surface area contributed by atoms with E-state index in [1.807, 2.05) is 18.2 Å². The normalized spacial score (nSPS) is 10.2. The monoisotopic (exact) mass is 290 g/mol. The second-order valence-electron chi connectivity index (χ2n) is 4.44. The number of carbonyl (C=O) groups excluding carboxylic acids is 1. The second kappa shape index (κ2) is 6.78. The summed E-state index contributed by atoms with van der Waals surface area (Å²) in [5.41, 5.74) is 1.04. The van der Waals surface area contributed by atoms with Crippen LogP contribution in [0, 0.1) is 6.92 Å². The lowest BCUT2D eigenvalue weighted by molar-refractivity contribution is 0.0925. The van der Waals surface area contributed by atoms with Gasteiger partial charge in [0, 0.05) is 13.5 Å². The molecule has 1 amide bonds. The molecule has 2 rings (SSSR count). The van der Waals surface area contributed by atoms with Crippen LogP contribution in [0.15, 0.2) is 28.8 Å². The number of carbonyl (C=O) groups is 1. The zero-order chi connectivity index (χ0) is 15.2. The topological polar surface area (TPSA) is 73.6 Å². The Labute approximate surface area is 123 Å². The molecule has 21 heavy (non-hydrogen) atoms. The van der Waals surface area contributed by atoms with Crippen molar-refractivity contribution in [2.45, 2.75) is 13.3 Å². The average molecular weight is 290 g/mol. The first-order valence-electron chi connectivity index (χ1n) is 6.55. The molecule has 0 atom stereocenters. The van der Waals surface area contributed by atoms with Crippen LogP contribution in [-0.4, -0.2) is 31.7 Å². The molecular weight excluding hydrogens is 272 g/mol. The molecule has 0 aliphatic carbocycles. The Balaban J connectivity index is 1.90. The number of ether oxygens (including phenoxy) is 2. The lowest BCUT2D eigenvalue weighted by Gasteiger charge is -2.09. The van der Waals surface area contributed by atoms with Gasteiger partial charge in [-0.05, 0) is 24.1 Å². The number of benzene rings is 1. The maximum atomic E-state index is 11.8. The smallest absolute Gasteiger partial charge is 0.288 e. The Kier molecular flexibility index (Phi) is 4.81. The van der Waals surface area contributed by atoms with Gasteiger partial charge in [-0.15, -0.1) is 0 Å². The van der Waals surface area contributed by atoms with Gasteiger partial charge < -0.3 is 19.2 Å². The van der Waals surface area contributed by atoms with Gasteiger partial charge in [0.25, 0.3) is 5.91 Å². The summed E-state index contributed by atoms with van der Waals surface area (Å²) in [4.78, 5) is 15.7. The molecule has 0 aliphatic rings. The standard InChI is InChI=1S/C15H18N2O4/c1-10-17-9-14(21-10)15(18)16-7-6-11-4-5-12(19-2)13(8-11)20-3/h4-5,8-9H,6-7H2,1-3H3,(H,16,18). The van der Waals surface area contributed by atoms with Crippen LogP contribution in [0.25, 0.3) is 0 Å². The largest absolute Gasteiger partial charge is 0.493 e. The van der Waals surface area contributed by atoms with Crippen LogP contribution in [-0.2, 0) is 6.42 Å². The van der Waals surface area contributed by atoms with Crippen molar-refractivity contribution in [1.82, 2.24) is 10.3 Å². The molecule has 0 fully saturated rings. The highest BCUT2D eigenvalue weighted by atomic mass is 16.5. The second-order valence-corrected chi connectivity index (χ2v) is 4.44. The lowest BCUT2D eigenvalue weighted by atomic mass is 10.1. The Bertz CT molecular complexity index is 622. The quantitative estimate of drug-likeness (QED) is 0.880. The number of nitrogens with zero attached hydrogens (tertiary/aromatic N) is 1. The van der Waals surface area contributed by atoms with E-state index in [4.69, 9.17) is 13.9 Å². The van der Waals surface area contributed by atoms with Gasteiger partial charge in [0.05, 0.1) is 20.4 Å². The molecule has 1 heterocycles. The highest BCUT2D eigenvalue weighted by molar-refractivity contribution is 5.91. The first kappa shape index (κ1) is 14.9. The minimum Gasteiger partial charge on any atom is -0.493 e. The van der Waals surface area contributed by atoms with Gasteiger partial charge in [-0.3, -0.25) is 4.79 Å². The van der Waals surface area contributed by atoms with Crippen molar-refractivity contribution in [1.29, 1.82) is 0 Å². The SMILES string of the molecule is COc1ccc(CCNC(=O)c2cnc(C)o2)cc1OC. The number of rotatable bonds is 6. The fraction of sp³-hybridized carbons (Fsp3) is 0.333. The summed E-state index contributed by atoms with van der Waals surface area (Å²) in [5, 5.41) is 2.78. The van der Waals surface area contributed by atoms with Gasteiger partial charge >= 0.3 is 0 Å². The van der Waals surface area contributed by atoms with Crippen molar-refractivity contribution < 1.29 is 18.7 Å². The van der Waals surface area contributed by atoms with Crippen molar-refractivity contribution in [3.05, 3.63) is 41.6 Å². The van der Waals surface area contributed by atoms with E-state index >= 15 is 0 Å². The van der Waals surface area contributed by atoms with Crippen molar-refractivity contribution in [3.63, 3.8) is 0 Å². The predicted molar refractivity (Wildman–Crippen MR) is 76.8 cm³/mol. The summed E-state index contributed by atoms with van der Waals surface area (Å²) >= 11 is 0. The first-order chi connectivity index (χ1) is 10.1. The van der Waals surface area contributed by atoms with E-state index in [0.717, 1.165) is 5.56 Å². The molecule has 0 spiro atoms. The summed E-state index contributed by atoms with van der Waals surface area (Å²) < 4.78 is 15.6. The van der Waals surface area contributed by atoms with Crippen LogP contribution >= 0.6 is 0 Å². The van der Waals surface area contributed by atoms with E-state index in [2.05, 4.69) is 10.3 Å². The van der Waals surface area contributed by atoms with E-state index in [0.29, 0.717) is 30.4 Å². The number of oxazole rings is 1. The number of methoxy groups -OCH3 is 2. The summed E-state index contributed by atoms with van der Waals surface area (Å²) in [6.45, 7) is 2.19. The number of amides is 1. The molecule has 6 heteroatoms. The minimum atomic E-state index is -0.268. The molecule has 0 unspecified atom stereocenters. The van der Waals surface area contributed by atoms with Gasteiger partial charge in [-0.1, -0.05) is 6.07 Å². The third-order valence-corrected chi connectivity index (χ3v) is 2.99. The van der Waals surface area contributed by atoms with E-state index in [1.165, 1.54) is 6.20 Å². The minimum absolute atomic E-state index is 0.222. The third-order valence-electron chi connectivity index (χ3n) is 2.99. The molecular formula is C15H18N2O4. The lowest BCUT2D eigenvalue weighted by Crippen LogP contribution is -2.25. The Hall–Kier alpha value is -2.50. The zero-order valence-electron chi connectivity index (χ0n) is 12.3. The summed E-state index contributed by atoms with van der Waals surface area (Å²) in [7, 11) is 3.19. The first-order valence-corrected chi connectivity index (χ1v) is 6.55. The van der Waals surface area contributed by atoms with Crippen molar-refractivity contribution >= 4 is 5.91 Å². The Morgan fingerprint density at radius 2 is 2.05 bits per heavy atom. The van der Waals surface area contributed by atoms with Crippen LogP contribution in [0.4, 0.5) is 0 Å². The van der Waals surface area contributed by atoms with Gasteiger partial charge in [-0.25, -0.2) is 4.98 Å². The number of nitrogens with one attached hydrogen (secondary N) is 1. The van der Waals surface area contributed by atoms with Gasteiger partial charge in [-0.2, -0.15) is 0 Å². The fourth-order valence-corrected chi connectivity index (χ4v) is 1.91. The summed E-state index contributed by atoms with van der Waals surface area (Å²) in [6, 6.07) is 5.67. The van der Waals surface area contributed by atoms with E-state index in [-0.39, 0.29) is 11.7 Å². The molecule has 0 saturated carbocycles. The Morgan fingerprint density at radius 1 is 1.29 bits per heavy atom. The molecule has 2 aromatic rings. The van der Waals surface area contributed by atoms with Crippen LogP contribution in [0.5, 0.6) is 11.5 Å². The van der Waals surface area contributed by atoms with Crippen LogP contribution in [0.2, 0.25) is 0 Å². The number of hydrogen-bond donors (Lipinski definition) is 1. The third kappa shape index (κ3) is 3.75. The molecule has 0 bridgehead atoms. The molecule has 112 valence electrons. The zero-order valence-corrected chi connectivity index (χ0v) is 12.3. The van der Waals surface area contributed by atoms with E-state index in [9.17, 15) is 4.79 Å². The molecule has 1 N–H and O–H groups in total. The molecule has 1 aromatic heterocycles. The molecule has 0 aliphatic heterocycles. The van der Waals surface area contributed by atoms with E-state index in [1.54, 1.807) is 21.1 Å². The summed E-state index contributed by atoms with van der Waals surface area (Å²) in [5.74, 6) is 1.78. The van der Waals surface area contributed by atoms with Crippen molar-refractivity contribution in [2.24, 2.45) is 0 Å². The van der Waals surface area contributed by atoms with Gasteiger partial charge in [0.1, 0.15) is 0 Å². The van der Waals surface area contributed by atoms with E-state index < -0.39 is 0 Å². The molecule has 6 nitrogen and oxygen atoms in total. The van der Waals surface area contributed by atoms with Crippen LogP contribution in [0.1, 0.15) is 22.0 Å². The van der Waals surface area contributed by atoms with Gasteiger partial charge in [0.15, 0.2) is 17.4 Å². The highest BCUT2D eigenvalue weighted by Crippen LogP contribution is 2.27. The molecule has 1 aromatic carbocycles. The highest BCUT2D eigenvalue weighted by Gasteiger charge is 2.10. The summed E-state index contributed by atoms with van der Waals surface area (Å²) in [6.07, 6.45) is 2.10. The molecule has 0 saturated heterocycles. The fourth-order valence-electron chi connectivity index (χ4n) is 1.91.